The Bertz CT molecular complexity index is 1080. The standard InChI is InChI=1S/C22H21FN4O3/c23-16-7-5-13(6-8-16)17(9-10-24)21(28)27-11-18-19(12-27)25-26-20(18)14-1-3-15(4-2-14)22(29)30/h1-8,17H,9-12,24H2,(H,25,26)(H,29,30). The Morgan fingerprint density at radius 1 is 1.13 bits per heavy atom. The number of amides is 1. The van der Waals surface area contributed by atoms with Crippen LogP contribution in [0.3, 0.4) is 0 Å². The van der Waals surface area contributed by atoms with Gasteiger partial charge in [0.1, 0.15) is 5.82 Å². The molecule has 0 saturated heterocycles. The maximum Gasteiger partial charge on any atom is 0.335 e. The molecule has 0 bridgehead atoms. The van der Waals surface area contributed by atoms with Gasteiger partial charge < -0.3 is 15.7 Å². The van der Waals surface area contributed by atoms with Crippen molar-refractivity contribution in [2.75, 3.05) is 6.54 Å². The Kier molecular flexibility index (Phi) is 5.33. The number of nitrogens with one attached hydrogen (secondary N) is 1. The quantitative estimate of drug-likeness (QED) is 0.581. The molecule has 1 amide bonds. The average Bonchev–Trinajstić information content (AvgIpc) is 3.33. The van der Waals surface area contributed by atoms with Gasteiger partial charge in [0, 0.05) is 11.1 Å². The van der Waals surface area contributed by atoms with Crippen molar-refractivity contribution in [1.29, 1.82) is 0 Å². The second kappa shape index (κ2) is 8.08. The topological polar surface area (TPSA) is 112 Å². The summed E-state index contributed by atoms with van der Waals surface area (Å²) in [5.74, 6) is -1.84. The van der Waals surface area contributed by atoms with E-state index in [0.29, 0.717) is 31.7 Å². The third-order valence-corrected chi connectivity index (χ3v) is 5.39. The van der Waals surface area contributed by atoms with Gasteiger partial charge in [0.2, 0.25) is 5.91 Å². The number of carbonyl (C=O) groups is 2. The molecule has 0 radical (unpaired) electrons. The molecule has 1 atom stereocenters. The molecule has 0 fully saturated rings. The summed E-state index contributed by atoms with van der Waals surface area (Å²) < 4.78 is 13.3. The number of benzene rings is 2. The molecule has 2 aromatic carbocycles. The maximum absolute atomic E-state index is 13.3. The molecule has 3 aromatic rings. The summed E-state index contributed by atoms with van der Waals surface area (Å²) in [6, 6.07) is 12.4. The molecule has 1 aliphatic rings. The minimum absolute atomic E-state index is 0.0659. The number of rotatable bonds is 6. The molecular weight excluding hydrogens is 387 g/mol. The SMILES string of the molecule is NCCC(C(=O)N1Cc2[nH]nc(-c3ccc(C(=O)O)cc3)c2C1)c1ccc(F)cc1. The second-order valence-electron chi connectivity index (χ2n) is 7.29. The van der Waals surface area contributed by atoms with Crippen molar-refractivity contribution < 1.29 is 19.1 Å². The van der Waals surface area contributed by atoms with E-state index < -0.39 is 11.9 Å². The van der Waals surface area contributed by atoms with Gasteiger partial charge in [0.15, 0.2) is 0 Å². The van der Waals surface area contributed by atoms with Crippen LogP contribution >= 0.6 is 0 Å². The molecule has 1 unspecified atom stereocenters. The first kappa shape index (κ1) is 19.8. The number of nitrogens with two attached hydrogens (primary N) is 1. The van der Waals surface area contributed by atoms with Gasteiger partial charge in [-0.2, -0.15) is 5.10 Å². The predicted molar refractivity (Wildman–Crippen MR) is 108 cm³/mol. The number of halogens is 1. The monoisotopic (exact) mass is 408 g/mol. The molecule has 154 valence electrons. The zero-order valence-corrected chi connectivity index (χ0v) is 16.1. The van der Waals surface area contributed by atoms with Crippen LogP contribution in [-0.4, -0.2) is 38.6 Å². The van der Waals surface area contributed by atoms with Gasteiger partial charge in [0.05, 0.1) is 36.0 Å². The van der Waals surface area contributed by atoms with E-state index >= 15 is 0 Å². The molecule has 8 heteroatoms. The lowest BCUT2D eigenvalue weighted by Crippen LogP contribution is -2.32. The van der Waals surface area contributed by atoms with Crippen molar-refractivity contribution in [2.45, 2.75) is 25.4 Å². The number of fused-ring (bicyclic) bond motifs is 1. The number of aromatic amines is 1. The van der Waals surface area contributed by atoms with E-state index in [0.717, 1.165) is 22.4 Å². The van der Waals surface area contributed by atoms with E-state index in [1.807, 2.05) is 0 Å². The van der Waals surface area contributed by atoms with Gasteiger partial charge in [-0.1, -0.05) is 24.3 Å². The predicted octanol–water partition coefficient (Wildman–Crippen LogP) is 2.89. The number of nitrogens with zero attached hydrogens (tertiary/aromatic N) is 2. The van der Waals surface area contributed by atoms with Gasteiger partial charge in [-0.15, -0.1) is 0 Å². The van der Waals surface area contributed by atoms with Gasteiger partial charge >= 0.3 is 5.97 Å². The fraction of sp³-hybridized carbons (Fsp3) is 0.227. The summed E-state index contributed by atoms with van der Waals surface area (Å²) in [5, 5.41) is 16.4. The molecule has 0 aliphatic carbocycles. The van der Waals surface area contributed by atoms with Crippen LogP contribution in [0.15, 0.2) is 48.5 Å². The highest BCUT2D eigenvalue weighted by molar-refractivity contribution is 5.88. The van der Waals surface area contributed by atoms with Crippen molar-refractivity contribution in [3.05, 3.63) is 76.7 Å². The first-order chi connectivity index (χ1) is 14.5. The molecular formula is C22H21FN4O3. The molecule has 30 heavy (non-hydrogen) atoms. The lowest BCUT2D eigenvalue weighted by molar-refractivity contribution is -0.133. The van der Waals surface area contributed by atoms with Crippen molar-refractivity contribution in [1.82, 2.24) is 15.1 Å². The lowest BCUT2D eigenvalue weighted by atomic mass is 9.94. The van der Waals surface area contributed by atoms with Crippen LogP contribution in [0.2, 0.25) is 0 Å². The number of H-pyrrole nitrogens is 1. The van der Waals surface area contributed by atoms with Gasteiger partial charge in [-0.25, -0.2) is 9.18 Å². The smallest absolute Gasteiger partial charge is 0.335 e. The van der Waals surface area contributed by atoms with Crippen LogP contribution < -0.4 is 5.73 Å². The first-order valence-electron chi connectivity index (χ1n) is 9.62. The van der Waals surface area contributed by atoms with E-state index in [4.69, 9.17) is 10.8 Å². The second-order valence-corrected chi connectivity index (χ2v) is 7.29. The average molecular weight is 408 g/mol. The van der Waals surface area contributed by atoms with Crippen molar-refractivity contribution in [3.8, 4) is 11.3 Å². The summed E-state index contributed by atoms with van der Waals surface area (Å²) in [6.07, 6.45) is 0.469. The largest absolute Gasteiger partial charge is 0.478 e. The van der Waals surface area contributed by atoms with Gasteiger partial charge in [0.25, 0.3) is 0 Å². The van der Waals surface area contributed by atoms with Gasteiger partial charge in [-0.05, 0) is 42.8 Å². The van der Waals surface area contributed by atoms with Crippen LogP contribution in [0, 0.1) is 5.82 Å². The highest BCUT2D eigenvalue weighted by atomic mass is 19.1. The minimum Gasteiger partial charge on any atom is -0.478 e. The minimum atomic E-state index is -0.989. The lowest BCUT2D eigenvalue weighted by Gasteiger charge is -2.23. The fourth-order valence-corrected chi connectivity index (χ4v) is 3.82. The summed E-state index contributed by atoms with van der Waals surface area (Å²) in [7, 11) is 0. The molecule has 7 nitrogen and oxygen atoms in total. The third-order valence-electron chi connectivity index (χ3n) is 5.39. The van der Waals surface area contributed by atoms with E-state index in [2.05, 4.69) is 10.2 Å². The summed E-state index contributed by atoms with van der Waals surface area (Å²) in [4.78, 5) is 26.0. The van der Waals surface area contributed by atoms with E-state index in [-0.39, 0.29) is 17.3 Å². The molecule has 0 spiro atoms. The Balaban J connectivity index is 1.56. The molecule has 1 aliphatic heterocycles. The van der Waals surface area contributed by atoms with Crippen LogP contribution in [0.25, 0.3) is 11.3 Å². The molecule has 2 heterocycles. The fourth-order valence-electron chi connectivity index (χ4n) is 3.82. The Morgan fingerprint density at radius 2 is 1.83 bits per heavy atom. The highest BCUT2D eigenvalue weighted by Gasteiger charge is 2.32. The van der Waals surface area contributed by atoms with Crippen molar-refractivity contribution in [2.24, 2.45) is 5.73 Å². The number of hydrogen-bond acceptors (Lipinski definition) is 4. The molecule has 0 saturated carbocycles. The summed E-state index contributed by atoms with van der Waals surface area (Å²) in [5.41, 5.74) is 9.92. The van der Waals surface area contributed by atoms with E-state index in [1.54, 1.807) is 29.2 Å². The van der Waals surface area contributed by atoms with Crippen LogP contribution in [0.4, 0.5) is 4.39 Å². The Hall–Kier alpha value is -3.52. The molecule has 1 aromatic heterocycles. The van der Waals surface area contributed by atoms with Crippen molar-refractivity contribution in [3.63, 3.8) is 0 Å². The van der Waals surface area contributed by atoms with E-state index in [1.165, 1.54) is 24.3 Å². The number of carbonyl (C=O) groups excluding carboxylic acids is 1. The number of aromatic nitrogens is 2. The summed E-state index contributed by atoms with van der Waals surface area (Å²) >= 11 is 0. The zero-order chi connectivity index (χ0) is 21.3. The third kappa shape index (κ3) is 3.69. The Morgan fingerprint density at radius 3 is 2.47 bits per heavy atom. The molecule has 4 rings (SSSR count). The summed E-state index contributed by atoms with van der Waals surface area (Å²) in [6.45, 7) is 1.13. The number of aromatic carboxylic acids is 1. The number of hydrogen-bond donors (Lipinski definition) is 3. The van der Waals surface area contributed by atoms with Crippen LogP contribution in [0.5, 0.6) is 0 Å². The van der Waals surface area contributed by atoms with Crippen molar-refractivity contribution >= 4 is 11.9 Å². The molecule has 4 N–H and O–H groups in total. The zero-order valence-electron chi connectivity index (χ0n) is 16.1. The van der Waals surface area contributed by atoms with Crippen LogP contribution in [-0.2, 0) is 17.9 Å². The number of carboxylic acids is 1. The van der Waals surface area contributed by atoms with E-state index in [9.17, 15) is 14.0 Å². The Labute approximate surface area is 172 Å². The van der Waals surface area contributed by atoms with Gasteiger partial charge in [-0.3, -0.25) is 9.89 Å². The number of carboxylic acid groups (broad SMARTS) is 1. The van der Waals surface area contributed by atoms with Crippen LogP contribution in [0.1, 0.15) is 39.5 Å². The maximum atomic E-state index is 13.3. The first-order valence-corrected chi connectivity index (χ1v) is 9.62. The normalized spacial score (nSPS) is 13.9. The highest BCUT2D eigenvalue weighted by Crippen LogP contribution is 2.33.